The third kappa shape index (κ3) is 6.65. The number of benzene rings is 1. The lowest BCUT2D eigenvalue weighted by Crippen LogP contribution is -2.33. The number of nitrogens with one attached hydrogen (secondary N) is 1. The summed E-state index contributed by atoms with van der Waals surface area (Å²) in [6, 6.07) is 5.89. The molecule has 2 rings (SSSR count). The Balaban J connectivity index is 0.00000312. The Morgan fingerprint density at radius 3 is 2.40 bits per heavy atom. The van der Waals surface area contributed by atoms with Crippen LogP contribution in [0.2, 0.25) is 0 Å². The molecule has 4 nitrogen and oxygen atoms in total. The minimum Gasteiger partial charge on any atom is -0.370 e. The van der Waals surface area contributed by atoms with Gasteiger partial charge in [0.2, 0.25) is 0 Å². The van der Waals surface area contributed by atoms with E-state index in [1.165, 1.54) is 4.90 Å². The average Bonchev–Trinajstić information content (AvgIpc) is 2.92. The molecule has 0 radical (unpaired) electrons. The molecule has 1 aromatic rings. The molecule has 1 unspecified atom stereocenters. The minimum atomic E-state index is -4.17. The topological polar surface area (TPSA) is 53.6 Å². The third-order valence-electron chi connectivity index (χ3n) is 4.22. The van der Waals surface area contributed by atoms with E-state index >= 15 is 0 Å². The number of halogens is 4. The Morgan fingerprint density at radius 2 is 1.88 bits per heavy atom. The highest BCUT2D eigenvalue weighted by Crippen LogP contribution is 2.23. The van der Waals surface area contributed by atoms with Gasteiger partial charge in [-0.3, -0.25) is 4.90 Å². The summed E-state index contributed by atoms with van der Waals surface area (Å²) in [6.07, 6.45) is -1.84. The molecule has 0 bridgehead atoms. The molecule has 8 heteroatoms. The van der Waals surface area contributed by atoms with Crippen LogP contribution in [0.25, 0.3) is 0 Å². The summed E-state index contributed by atoms with van der Waals surface area (Å²) >= 11 is 0. The van der Waals surface area contributed by atoms with E-state index in [-0.39, 0.29) is 42.5 Å². The van der Waals surface area contributed by atoms with E-state index in [1.54, 1.807) is 0 Å². The van der Waals surface area contributed by atoms with Crippen molar-refractivity contribution < 1.29 is 13.2 Å². The molecule has 1 heterocycles. The van der Waals surface area contributed by atoms with Gasteiger partial charge in [0.1, 0.15) is 0 Å². The second kappa shape index (κ2) is 9.61. The van der Waals surface area contributed by atoms with Gasteiger partial charge in [0.15, 0.2) is 5.96 Å². The largest absolute Gasteiger partial charge is 0.401 e. The molecule has 1 fully saturated rings. The molecule has 3 N–H and O–H groups in total. The van der Waals surface area contributed by atoms with Crippen molar-refractivity contribution in [3.8, 4) is 0 Å². The summed E-state index contributed by atoms with van der Waals surface area (Å²) in [4.78, 5) is 5.75. The molecule has 0 amide bonds. The monoisotopic (exact) mass is 470 g/mol. The number of aryl methyl sites for hydroxylation is 2. The van der Waals surface area contributed by atoms with Crippen molar-refractivity contribution >= 4 is 35.6 Å². The normalized spacial score (nSPS) is 18.9. The van der Waals surface area contributed by atoms with E-state index in [1.807, 2.05) is 18.2 Å². The van der Waals surface area contributed by atoms with Gasteiger partial charge in [-0.15, -0.1) is 24.0 Å². The number of hydrogen-bond donors (Lipinski definition) is 2. The molecule has 1 aliphatic heterocycles. The fourth-order valence-corrected chi connectivity index (χ4v) is 3.07. The first kappa shape index (κ1) is 22.0. The molecule has 1 aromatic carbocycles. The van der Waals surface area contributed by atoms with Gasteiger partial charge in [0.25, 0.3) is 0 Å². The molecule has 0 aliphatic carbocycles. The van der Waals surface area contributed by atoms with Crippen molar-refractivity contribution in [3.05, 3.63) is 29.3 Å². The predicted octanol–water partition coefficient (Wildman–Crippen LogP) is 3.79. The molecule has 1 saturated heterocycles. The van der Waals surface area contributed by atoms with Gasteiger partial charge in [0, 0.05) is 18.8 Å². The molecular weight excluding hydrogens is 444 g/mol. The standard InChI is InChI=1S/C17H25F3N4.HI/c1-3-12-6-5-7-13(4-2)15(12)23-16(21)22-14-8-9-24(10-14)11-17(18,19)20;/h5-7,14H,3-4,8-11H2,1-2H3,(H3,21,22,23);1H. The Labute approximate surface area is 164 Å². The highest BCUT2D eigenvalue weighted by molar-refractivity contribution is 14.0. The zero-order chi connectivity index (χ0) is 17.7. The fraction of sp³-hybridized carbons (Fsp3) is 0.588. The van der Waals surface area contributed by atoms with Crippen molar-refractivity contribution in [1.82, 2.24) is 4.90 Å². The average molecular weight is 470 g/mol. The van der Waals surface area contributed by atoms with Crippen molar-refractivity contribution in [2.24, 2.45) is 10.7 Å². The zero-order valence-electron chi connectivity index (χ0n) is 14.6. The van der Waals surface area contributed by atoms with Crippen molar-refractivity contribution in [2.45, 2.75) is 45.3 Å². The maximum atomic E-state index is 12.4. The van der Waals surface area contributed by atoms with Crippen LogP contribution in [-0.4, -0.2) is 42.7 Å². The highest BCUT2D eigenvalue weighted by atomic mass is 127. The van der Waals surface area contributed by atoms with Gasteiger partial charge < -0.3 is 11.1 Å². The van der Waals surface area contributed by atoms with Gasteiger partial charge in [-0.1, -0.05) is 32.0 Å². The second-order valence-corrected chi connectivity index (χ2v) is 6.09. The third-order valence-corrected chi connectivity index (χ3v) is 4.22. The number of guanidine groups is 1. The zero-order valence-corrected chi connectivity index (χ0v) is 16.9. The number of alkyl halides is 3. The summed E-state index contributed by atoms with van der Waals surface area (Å²) in [7, 11) is 0. The van der Waals surface area contributed by atoms with Crippen LogP contribution in [0.15, 0.2) is 23.2 Å². The highest BCUT2D eigenvalue weighted by Gasteiger charge is 2.34. The number of aliphatic imine (C=N–C) groups is 1. The van der Waals surface area contributed by atoms with Gasteiger partial charge >= 0.3 is 6.18 Å². The van der Waals surface area contributed by atoms with E-state index in [2.05, 4.69) is 24.2 Å². The summed E-state index contributed by atoms with van der Waals surface area (Å²) in [5.41, 5.74) is 9.27. The number of nitrogens with zero attached hydrogens (tertiary/aromatic N) is 2. The minimum absolute atomic E-state index is 0. The molecule has 0 saturated carbocycles. The van der Waals surface area contributed by atoms with Crippen LogP contribution in [0.1, 0.15) is 31.4 Å². The predicted molar refractivity (Wildman–Crippen MR) is 107 cm³/mol. The van der Waals surface area contributed by atoms with E-state index < -0.39 is 12.7 Å². The molecule has 1 atom stereocenters. The molecule has 142 valence electrons. The van der Waals surface area contributed by atoms with Crippen molar-refractivity contribution in [1.29, 1.82) is 0 Å². The quantitative estimate of drug-likeness (QED) is 0.391. The maximum Gasteiger partial charge on any atom is 0.401 e. The van der Waals surface area contributed by atoms with Gasteiger partial charge in [-0.2, -0.15) is 13.2 Å². The number of nitrogens with two attached hydrogens (primary N) is 1. The number of hydrogen-bond acceptors (Lipinski definition) is 2. The van der Waals surface area contributed by atoms with Crippen LogP contribution in [0.4, 0.5) is 18.9 Å². The fourth-order valence-electron chi connectivity index (χ4n) is 3.07. The summed E-state index contributed by atoms with van der Waals surface area (Å²) in [5.74, 6) is 0.268. The Hall–Kier alpha value is -1.03. The van der Waals surface area contributed by atoms with Crippen molar-refractivity contribution in [2.75, 3.05) is 25.0 Å². The number of anilines is 1. The maximum absolute atomic E-state index is 12.4. The number of para-hydroxylation sites is 1. The first-order chi connectivity index (χ1) is 11.3. The van der Waals surface area contributed by atoms with E-state index in [4.69, 9.17) is 5.73 Å². The van der Waals surface area contributed by atoms with Crippen LogP contribution in [0, 0.1) is 0 Å². The molecule has 0 spiro atoms. The lowest BCUT2D eigenvalue weighted by atomic mass is 10.0. The number of likely N-dealkylation sites (tertiary alicyclic amines) is 1. The van der Waals surface area contributed by atoms with Gasteiger partial charge in [-0.25, -0.2) is 4.99 Å². The summed E-state index contributed by atoms with van der Waals surface area (Å²) < 4.78 is 37.3. The van der Waals surface area contributed by atoms with E-state index in [9.17, 15) is 13.2 Å². The van der Waals surface area contributed by atoms with E-state index in [0.29, 0.717) is 13.0 Å². The van der Waals surface area contributed by atoms with Crippen LogP contribution >= 0.6 is 24.0 Å². The van der Waals surface area contributed by atoms with Gasteiger partial charge in [-0.05, 0) is 30.4 Å². The molecule has 1 aliphatic rings. The summed E-state index contributed by atoms with van der Waals surface area (Å²) in [6.45, 7) is 3.94. The molecule has 25 heavy (non-hydrogen) atoms. The Kier molecular flexibility index (Phi) is 8.46. The lowest BCUT2D eigenvalue weighted by Gasteiger charge is -2.17. The lowest BCUT2D eigenvalue weighted by molar-refractivity contribution is -0.143. The smallest absolute Gasteiger partial charge is 0.370 e. The van der Waals surface area contributed by atoms with Crippen molar-refractivity contribution in [3.63, 3.8) is 0 Å². The van der Waals surface area contributed by atoms with Crippen LogP contribution in [0.3, 0.4) is 0 Å². The van der Waals surface area contributed by atoms with Crippen LogP contribution in [-0.2, 0) is 12.8 Å². The SMILES string of the molecule is CCc1cccc(CC)c1NC(N)=NC1CCN(CC(F)(F)F)C1.I. The Bertz CT molecular complexity index is 567. The van der Waals surface area contributed by atoms with E-state index in [0.717, 1.165) is 29.7 Å². The molecule has 0 aromatic heterocycles. The van der Waals surface area contributed by atoms with Crippen LogP contribution in [0.5, 0.6) is 0 Å². The second-order valence-electron chi connectivity index (χ2n) is 6.09. The number of rotatable bonds is 5. The van der Waals surface area contributed by atoms with Gasteiger partial charge in [0.05, 0.1) is 12.6 Å². The Morgan fingerprint density at radius 1 is 1.28 bits per heavy atom. The first-order valence-electron chi connectivity index (χ1n) is 8.32. The first-order valence-corrected chi connectivity index (χ1v) is 8.32. The molecular formula is C17H26F3IN4. The summed E-state index contributed by atoms with van der Waals surface area (Å²) in [5, 5.41) is 3.16. The van der Waals surface area contributed by atoms with Crippen LogP contribution < -0.4 is 11.1 Å².